The van der Waals surface area contributed by atoms with Crippen LogP contribution in [0, 0.1) is 0 Å². The number of carbonyl (C=O) groups excluding carboxylic acids is 1. The molecule has 0 fully saturated rings. The molecule has 0 unspecified atom stereocenters. The second-order valence-electron chi connectivity index (χ2n) is 4.15. The highest BCUT2D eigenvalue weighted by atomic mass is 79.9. The summed E-state index contributed by atoms with van der Waals surface area (Å²) in [5.74, 6) is -1.54. The van der Waals surface area contributed by atoms with E-state index in [-0.39, 0.29) is 24.3 Å². The first-order valence-electron chi connectivity index (χ1n) is 5.91. The number of carbonyl (C=O) groups is 2. The van der Waals surface area contributed by atoms with Crippen molar-refractivity contribution >= 4 is 33.5 Å². The Kier molecular flexibility index (Phi) is 4.66. The zero-order valence-electron chi connectivity index (χ0n) is 10.8. The summed E-state index contributed by atoms with van der Waals surface area (Å²) >= 11 is 3.19. The van der Waals surface area contributed by atoms with Gasteiger partial charge >= 0.3 is 5.97 Å². The van der Waals surface area contributed by atoms with E-state index in [9.17, 15) is 9.59 Å². The van der Waals surface area contributed by atoms with Crippen LogP contribution in [0.4, 0.5) is 5.69 Å². The second kappa shape index (κ2) is 6.46. The Hall–Kier alpha value is -2.26. The summed E-state index contributed by atoms with van der Waals surface area (Å²) in [6.45, 7) is 0.152. The molecule has 0 aliphatic carbocycles. The molecular weight excluding hydrogens is 342 g/mol. The summed E-state index contributed by atoms with van der Waals surface area (Å²) in [5.41, 5.74) is 6.18. The number of aromatic carboxylic acids is 1. The second-order valence-corrected chi connectivity index (χ2v) is 5.07. The molecule has 2 aromatic rings. The van der Waals surface area contributed by atoms with Crippen LogP contribution in [0.1, 0.15) is 16.1 Å². The van der Waals surface area contributed by atoms with Crippen LogP contribution in [0.5, 0.6) is 0 Å². The first kappa shape index (κ1) is 15.1. The minimum atomic E-state index is -1.13. The van der Waals surface area contributed by atoms with Gasteiger partial charge in [0.25, 0.3) is 0 Å². The van der Waals surface area contributed by atoms with Gasteiger partial charge in [-0.3, -0.25) is 4.79 Å². The zero-order valence-corrected chi connectivity index (χ0v) is 12.4. The predicted molar refractivity (Wildman–Crippen MR) is 77.6 cm³/mol. The third-order valence-electron chi connectivity index (χ3n) is 2.59. The lowest BCUT2D eigenvalue weighted by Crippen LogP contribution is -2.20. The number of halogens is 1. The quantitative estimate of drug-likeness (QED) is 0.731. The third kappa shape index (κ3) is 3.86. The van der Waals surface area contributed by atoms with Gasteiger partial charge in [-0.2, -0.15) is 0 Å². The Morgan fingerprint density at radius 3 is 2.81 bits per heavy atom. The highest BCUT2D eigenvalue weighted by molar-refractivity contribution is 9.10. The van der Waals surface area contributed by atoms with Crippen molar-refractivity contribution in [2.24, 2.45) is 5.73 Å². The molecule has 2 rings (SSSR count). The number of carboxylic acid groups (broad SMARTS) is 1. The van der Waals surface area contributed by atoms with Gasteiger partial charge in [-0.1, -0.05) is 21.1 Å². The maximum atomic E-state index is 11.9. The van der Waals surface area contributed by atoms with Gasteiger partial charge in [-0.15, -0.1) is 5.10 Å². The molecule has 0 saturated carbocycles. The van der Waals surface area contributed by atoms with Crippen molar-refractivity contribution in [1.82, 2.24) is 15.0 Å². The van der Waals surface area contributed by atoms with Gasteiger partial charge in [0.05, 0.1) is 23.1 Å². The Balaban J connectivity index is 2.10. The van der Waals surface area contributed by atoms with E-state index in [4.69, 9.17) is 10.8 Å². The average Bonchev–Trinajstić information content (AvgIpc) is 2.88. The molecule has 1 heterocycles. The smallest absolute Gasteiger partial charge is 0.337 e. The lowest BCUT2D eigenvalue weighted by Gasteiger charge is -2.08. The summed E-state index contributed by atoms with van der Waals surface area (Å²) < 4.78 is 1.94. The molecule has 0 aliphatic rings. The van der Waals surface area contributed by atoms with Crippen LogP contribution >= 0.6 is 15.9 Å². The van der Waals surface area contributed by atoms with Crippen molar-refractivity contribution in [3.05, 3.63) is 40.1 Å². The number of hydrogen-bond donors (Lipinski definition) is 3. The van der Waals surface area contributed by atoms with Gasteiger partial charge in [-0.25, -0.2) is 9.48 Å². The number of nitrogens with zero attached hydrogens (tertiary/aromatic N) is 3. The molecule has 1 aromatic carbocycles. The molecular formula is C12H12BrN5O3. The van der Waals surface area contributed by atoms with E-state index in [0.29, 0.717) is 10.2 Å². The molecule has 0 atom stereocenters. The fourth-order valence-corrected chi connectivity index (χ4v) is 2.01. The number of benzene rings is 1. The Morgan fingerprint density at radius 2 is 2.19 bits per heavy atom. The van der Waals surface area contributed by atoms with E-state index in [1.165, 1.54) is 16.8 Å². The molecule has 8 nitrogen and oxygen atoms in total. The summed E-state index contributed by atoms with van der Waals surface area (Å²) in [7, 11) is 0. The molecule has 110 valence electrons. The standard InChI is InChI=1S/C12H12BrN5O3/c13-7-1-2-10(9(3-7)12(20)21)15-11(19)6-18-5-8(4-14)16-17-18/h1-3,5H,4,6,14H2,(H,15,19)(H,20,21). The SMILES string of the molecule is NCc1cn(CC(=O)Nc2ccc(Br)cc2C(=O)O)nn1. The largest absolute Gasteiger partial charge is 0.478 e. The Bertz CT molecular complexity index is 685. The first-order chi connectivity index (χ1) is 9.99. The van der Waals surface area contributed by atoms with Crippen molar-refractivity contribution in [2.75, 3.05) is 5.32 Å². The molecule has 0 aliphatic heterocycles. The number of carboxylic acids is 1. The number of hydrogen-bond acceptors (Lipinski definition) is 5. The molecule has 4 N–H and O–H groups in total. The molecule has 0 saturated heterocycles. The normalized spacial score (nSPS) is 10.4. The molecule has 21 heavy (non-hydrogen) atoms. The van der Waals surface area contributed by atoms with Crippen molar-refractivity contribution in [3.8, 4) is 0 Å². The number of aromatic nitrogens is 3. The molecule has 9 heteroatoms. The van der Waals surface area contributed by atoms with Gasteiger partial charge in [0, 0.05) is 11.0 Å². The zero-order chi connectivity index (χ0) is 15.4. The maximum Gasteiger partial charge on any atom is 0.337 e. The topological polar surface area (TPSA) is 123 Å². The lowest BCUT2D eigenvalue weighted by molar-refractivity contribution is -0.116. The van der Waals surface area contributed by atoms with Crippen molar-refractivity contribution in [2.45, 2.75) is 13.1 Å². The summed E-state index contributed by atoms with van der Waals surface area (Å²) in [4.78, 5) is 23.0. The number of rotatable bonds is 5. The van der Waals surface area contributed by atoms with E-state index in [0.717, 1.165) is 0 Å². The molecule has 0 radical (unpaired) electrons. The van der Waals surface area contributed by atoms with E-state index in [1.54, 1.807) is 12.3 Å². The minimum absolute atomic E-state index is 0.000961. The summed E-state index contributed by atoms with van der Waals surface area (Å²) in [5, 5.41) is 19.2. The monoisotopic (exact) mass is 353 g/mol. The van der Waals surface area contributed by atoms with Crippen LogP contribution in [-0.2, 0) is 17.9 Å². The third-order valence-corrected chi connectivity index (χ3v) is 3.08. The van der Waals surface area contributed by atoms with Crippen LogP contribution in [-0.4, -0.2) is 32.0 Å². The van der Waals surface area contributed by atoms with Crippen LogP contribution in [0.25, 0.3) is 0 Å². The van der Waals surface area contributed by atoms with Gasteiger partial charge in [0.1, 0.15) is 6.54 Å². The average molecular weight is 354 g/mol. The number of amides is 1. The Labute approximate surface area is 128 Å². The number of nitrogens with two attached hydrogens (primary N) is 1. The molecule has 0 bridgehead atoms. The minimum Gasteiger partial charge on any atom is -0.478 e. The van der Waals surface area contributed by atoms with Crippen LogP contribution in [0.2, 0.25) is 0 Å². The first-order valence-corrected chi connectivity index (χ1v) is 6.70. The fourth-order valence-electron chi connectivity index (χ4n) is 1.65. The number of nitrogens with one attached hydrogen (secondary N) is 1. The van der Waals surface area contributed by atoms with Gasteiger partial charge < -0.3 is 16.2 Å². The van der Waals surface area contributed by atoms with Gasteiger partial charge in [0.15, 0.2) is 0 Å². The Morgan fingerprint density at radius 1 is 1.43 bits per heavy atom. The van der Waals surface area contributed by atoms with Crippen LogP contribution in [0.3, 0.4) is 0 Å². The van der Waals surface area contributed by atoms with Crippen LogP contribution < -0.4 is 11.1 Å². The summed E-state index contributed by atoms with van der Waals surface area (Å²) in [6.07, 6.45) is 1.55. The van der Waals surface area contributed by atoms with E-state index in [1.807, 2.05) is 0 Å². The summed E-state index contributed by atoms with van der Waals surface area (Å²) in [6, 6.07) is 4.57. The molecule has 1 aromatic heterocycles. The van der Waals surface area contributed by atoms with Gasteiger partial charge in [-0.05, 0) is 18.2 Å². The highest BCUT2D eigenvalue weighted by Crippen LogP contribution is 2.21. The lowest BCUT2D eigenvalue weighted by atomic mass is 10.2. The van der Waals surface area contributed by atoms with Crippen molar-refractivity contribution < 1.29 is 14.7 Å². The van der Waals surface area contributed by atoms with Crippen molar-refractivity contribution in [3.63, 3.8) is 0 Å². The fraction of sp³-hybridized carbons (Fsp3) is 0.167. The highest BCUT2D eigenvalue weighted by Gasteiger charge is 2.13. The van der Waals surface area contributed by atoms with Crippen molar-refractivity contribution in [1.29, 1.82) is 0 Å². The van der Waals surface area contributed by atoms with E-state index >= 15 is 0 Å². The molecule has 1 amide bonds. The van der Waals surface area contributed by atoms with Gasteiger partial charge in [0.2, 0.25) is 5.91 Å². The van der Waals surface area contributed by atoms with E-state index in [2.05, 4.69) is 31.6 Å². The maximum absolute atomic E-state index is 11.9. The number of anilines is 1. The predicted octanol–water partition coefficient (Wildman–Crippen LogP) is 0.836. The van der Waals surface area contributed by atoms with E-state index < -0.39 is 11.9 Å². The van der Waals surface area contributed by atoms with Crippen LogP contribution in [0.15, 0.2) is 28.9 Å². The molecule has 0 spiro atoms.